The lowest BCUT2D eigenvalue weighted by Gasteiger charge is -2.47. The van der Waals surface area contributed by atoms with Crippen LogP contribution < -0.4 is 53.7 Å². The molecule has 4 aromatic rings. The average molecular weight is 1520 g/mol. The van der Waals surface area contributed by atoms with Crippen molar-refractivity contribution in [2.45, 2.75) is 170 Å². The highest BCUT2D eigenvalue weighted by Gasteiger charge is 2.51. The Hall–Kier alpha value is -10.4. The van der Waals surface area contributed by atoms with E-state index >= 15 is 0 Å². The molecular formula is C70H94N12O26. The van der Waals surface area contributed by atoms with Crippen molar-refractivity contribution in [3.63, 3.8) is 0 Å². The Labute approximate surface area is 619 Å². The minimum Gasteiger partial charge on any atom is -0.461 e. The molecule has 2 aliphatic rings. The second-order valence-corrected chi connectivity index (χ2v) is 24.8. The lowest BCUT2D eigenvalue weighted by atomic mass is 9.95. The number of hydrogen-bond donors (Lipinski definition) is 16. The van der Waals surface area contributed by atoms with Crippen molar-refractivity contribution >= 4 is 65.3 Å². The highest BCUT2D eigenvalue weighted by molar-refractivity contribution is 5.96. The van der Waals surface area contributed by atoms with Crippen LogP contribution in [0.15, 0.2) is 126 Å². The molecule has 0 radical (unpaired) electrons. The molecule has 2 heterocycles. The molecule has 108 heavy (non-hydrogen) atoms. The Balaban J connectivity index is 1.05. The molecule has 2 aliphatic heterocycles. The van der Waals surface area contributed by atoms with Crippen LogP contribution in [0.25, 0.3) is 0 Å². The predicted molar refractivity (Wildman–Crippen MR) is 374 cm³/mol. The van der Waals surface area contributed by atoms with Crippen molar-refractivity contribution in [2.24, 2.45) is 10.7 Å². The van der Waals surface area contributed by atoms with Crippen molar-refractivity contribution in [3.05, 3.63) is 154 Å². The number of aliphatic imine (C=N–C) groups is 1. The molecular weight excluding hydrogens is 1420 g/mol. The first-order valence-electron chi connectivity index (χ1n) is 34.6. The Morgan fingerprint density at radius 1 is 0.565 bits per heavy atom. The van der Waals surface area contributed by atoms with E-state index < -0.39 is 195 Å². The van der Waals surface area contributed by atoms with E-state index in [1.165, 1.54) is 0 Å². The van der Waals surface area contributed by atoms with Crippen LogP contribution in [0.2, 0.25) is 0 Å². The van der Waals surface area contributed by atoms with Crippen LogP contribution in [-0.4, -0.2) is 239 Å². The number of carbonyl (C=O) groups excluding carboxylic acids is 10. The molecule has 0 unspecified atom stereocenters. The monoisotopic (exact) mass is 1520 g/mol. The van der Waals surface area contributed by atoms with Gasteiger partial charge in [-0.1, -0.05) is 127 Å². The minimum atomic E-state index is -1.87. The quantitative estimate of drug-likeness (QED) is 0.00394. The van der Waals surface area contributed by atoms with Gasteiger partial charge in [0, 0.05) is 26.4 Å². The summed E-state index contributed by atoms with van der Waals surface area (Å²) in [5.74, 6) is -8.51. The number of aliphatic hydroxyl groups is 6. The minimum absolute atomic E-state index is 0.0193. The molecule has 0 aliphatic carbocycles. The first kappa shape index (κ1) is 86.5. The summed E-state index contributed by atoms with van der Waals surface area (Å²) in [4.78, 5) is 150. The van der Waals surface area contributed by atoms with Crippen molar-refractivity contribution in [1.82, 2.24) is 48.0 Å². The maximum Gasteiger partial charge on any atom is 0.408 e. The van der Waals surface area contributed by atoms with Gasteiger partial charge in [0.2, 0.25) is 41.4 Å². The van der Waals surface area contributed by atoms with Gasteiger partial charge in [0.1, 0.15) is 86.7 Å². The number of alkyl carbamates (subject to hydrolysis) is 1. The number of nitrogens with zero attached hydrogens (tertiary/aromatic N) is 2. The Bertz CT molecular complexity index is 3540. The van der Waals surface area contributed by atoms with Crippen LogP contribution in [0.5, 0.6) is 0 Å². The highest BCUT2D eigenvalue weighted by atomic mass is 16.7. The first-order chi connectivity index (χ1) is 51.9. The summed E-state index contributed by atoms with van der Waals surface area (Å²) in [5, 5.41) is 92.0. The number of aliphatic hydroxyl groups excluding tert-OH is 6. The summed E-state index contributed by atoms with van der Waals surface area (Å²) < 4.78 is 44.9. The molecule has 0 bridgehead atoms. The number of hydrazine groups is 1. The van der Waals surface area contributed by atoms with E-state index in [0.29, 0.717) is 16.7 Å². The number of nitrogens with one attached hydrogen (secondary N) is 9. The molecule has 6 rings (SSSR count). The molecule has 590 valence electrons. The fraction of sp³-hybridized carbons (Fsp3) is 0.500. The summed E-state index contributed by atoms with van der Waals surface area (Å²) in [6.45, 7) is -3.46. The average Bonchev–Trinajstić information content (AvgIpc) is 0.782. The van der Waals surface area contributed by atoms with Gasteiger partial charge in [0.05, 0.1) is 52.5 Å². The standard InChI is InChI=1S/C70H94N12O26/c1-42(85)76-57-59(91)62(108-68-61(93)60(92)58(90)51(35-83)106-68)52(36-84)107-67(57)102-31-17-28-53(86)72-29-15-14-26-48(80-70(98)105-40-46-24-12-5-13-25-46)64(95)75-33-54(87)77-47(27-16-30-73-69(71)81-82(99)100)63(94)74-34-55(88)78-49(32-56(89)103-38-44-20-8-3-9-21-44)65(96)79-50(41-101-37-43-18-6-2-7-19-43)66(97)104-39-45-22-10-4-11-23-45/h2-13,18-25,47-52,57-62,67-68,83-84,90-93H,14-17,26-41H2,1H3,(H,72,86)(H,74,94)(H,75,95)(H,76,85)(H,77,87)(H,78,88)(H,79,96)(H,80,98)(H3,71,73,81)/t47-,48-,49-,50-,51+,52+,57+,58-,59+,60-,61+,62+,67+,68-/m0/s1. The summed E-state index contributed by atoms with van der Waals surface area (Å²) in [7, 11) is 0. The van der Waals surface area contributed by atoms with Gasteiger partial charge < -0.3 is 117 Å². The molecule has 2 saturated heterocycles. The fourth-order valence-corrected chi connectivity index (χ4v) is 10.8. The third kappa shape index (κ3) is 30.8. The fourth-order valence-electron chi connectivity index (χ4n) is 10.8. The van der Waals surface area contributed by atoms with Crippen LogP contribution in [0.1, 0.15) is 80.5 Å². The second kappa shape index (κ2) is 46.6. The van der Waals surface area contributed by atoms with E-state index in [1.807, 2.05) is 0 Å². The van der Waals surface area contributed by atoms with Gasteiger partial charge in [0.15, 0.2) is 23.7 Å². The Morgan fingerprint density at radius 2 is 1.09 bits per heavy atom. The van der Waals surface area contributed by atoms with Gasteiger partial charge >= 0.3 is 18.0 Å². The number of amides is 8. The molecule has 2 fully saturated rings. The van der Waals surface area contributed by atoms with E-state index in [0.717, 1.165) is 12.5 Å². The largest absolute Gasteiger partial charge is 0.461 e. The van der Waals surface area contributed by atoms with Crippen molar-refractivity contribution in [3.8, 4) is 0 Å². The lowest BCUT2D eigenvalue weighted by Crippen LogP contribution is -2.67. The zero-order valence-corrected chi connectivity index (χ0v) is 59.1. The maximum absolute atomic E-state index is 14.2. The molecule has 8 amide bonds. The first-order valence-corrected chi connectivity index (χ1v) is 34.6. The number of esters is 2. The van der Waals surface area contributed by atoms with Gasteiger partial charge in [-0.25, -0.2) is 24.7 Å². The van der Waals surface area contributed by atoms with E-state index in [1.54, 1.807) is 127 Å². The number of benzene rings is 4. The smallest absolute Gasteiger partial charge is 0.408 e. The van der Waals surface area contributed by atoms with Crippen molar-refractivity contribution in [1.29, 1.82) is 0 Å². The van der Waals surface area contributed by atoms with E-state index in [9.17, 15) is 88.7 Å². The molecule has 38 nitrogen and oxygen atoms in total. The van der Waals surface area contributed by atoms with Crippen LogP contribution in [-0.2, 0) is 107 Å². The van der Waals surface area contributed by atoms with Crippen molar-refractivity contribution in [2.75, 3.05) is 52.6 Å². The van der Waals surface area contributed by atoms with Gasteiger partial charge in [0.25, 0.3) is 5.96 Å². The van der Waals surface area contributed by atoms with Crippen LogP contribution in [0.4, 0.5) is 4.79 Å². The number of unbranched alkanes of at least 4 members (excludes halogenated alkanes) is 1. The number of guanidine groups is 1. The Kier molecular flexibility index (Phi) is 37.4. The van der Waals surface area contributed by atoms with Crippen molar-refractivity contribution < 1.29 is 122 Å². The third-order valence-corrected chi connectivity index (χ3v) is 16.4. The number of hydrogen-bond acceptors (Lipinski definition) is 27. The molecule has 0 aromatic heterocycles. The molecule has 14 atom stereocenters. The summed E-state index contributed by atoms with van der Waals surface area (Å²) in [6, 6.07) is 27.2. The number of rotatable bonds is 44. The van der Waals surface area contributed by atoms with E-state index in [2.05, 4.69) is 47.5 Å². The predicted octanol–water partition coefficient (Wildman–Crippen LogP) is -3.21. The van der Waals surface area contributed by atoms with Gasteiger partial charge in [-0.15, -0.1) is 0 Å². The third-order valence-electron chi connectivity index (χ3n) is 16.4. The second-order valence-electron chi connectivity index (χ2n) is 24.8. The van der Waals surface area contributed by atoms with Gasteiger partial charge in [-0.3, -0.25) is 38.4 Å². The molecule has 17 N–H and O–H groups in total. The van der Waals surface area contributed by atoms with Crippen LogP contribution in [0, 0.1) is 10.1 Å². The number of carbonyl (C=O) groups is 10. The SMILES string of the molecule is CC(=O)N[C@H]1[C@H](OCCCC(=O)NCCCC[C@H](NC(=O)OCc2ccccc2)C(=O)NCC(=O)N[C@@H](CCCN=C(N)N[N+](=O)[O-])C(=O)NCC(=O)N[C@@H](CC(=O)OCc2ccccc2)C(=O)N[C@@H](COCc2ccccc2)C(=O)OCc2ccccc2)O[C@H](CO)[C@@H](O[C@@H]2O[C@H](CO)[C@H](O)[C@H](O)[C@H]2O)[C@@H]1O. The normalized spacial score (nSPS) is 20.8. The number of nitro groups is 1. The molecule has 4 aromatic carbocycles. The summed E-state index contributed by atoms with van der Waals surface area (Å²) >= 11 is 0. The topological polar surface area (TPSA) is 556 Å². The lowest BCUT2D eigenvalue weighted by molar-refractivity contribution is -0.525. The Morgan fingerprint density at radius 3 is 1.66 bits per heavy atom. The summed E-state index contributed by atoms with van der Waals surface area (Å²) in [6.07, 6.45) is -16.4. The highest BCUT2D eigenvalue weighted by Crippen LogP contribution is 2.30. The molecule has 0 spiro atoms. The maximum atomic E-state index is 14.2. The molecule has 38 heteroatoms. The van der Waals surface area contributed by atoms with E-state index in [-0.39, 0.29) is 91.1 Å². The van der Waals surface area contributed by atoms with Gasteiger partial charge in [-0.2, -0.15) is 0 Å². The van der Waals surface area contributed by atoms with E-state index in [4.69, 9.17) is 43.6 Å². The molecule has 0 saturated carbocycles. The van der Waals surface area contributed by atoms with Crippen LogP contribution in [0.3, 0.4) is 0 Å². The summed E-state index contributed by atoms with van der Waals surface area (Å²) in [5.41, 5.74) is 9.81. The zero-order chi connectivity index (χ0) is 78.3. The zero-order valence-electron chi connectivity index (χ0n) is 59.1. The number of nitrogens with two attached hydrogens (primary N) is 1. The number of ether oxygens (including phenoxy) is 8. The van der Waals surface area contributed by atoms with Gasteiger partial charge in [-0.05, 0) is 60.8 Å². The van der Waals surface area contributed by atoms with Crippen LogP contribution >= 0.6 is 0 Å².